The Kier molecular flexibility index (Phi) is 3.03. The van der Waals surface area contributed by atoms with Crippen LogP contribution in [-0.4, -0.2) is 23.9 Å². The van der Waals surface area contributed by atoms with Gasteiger partial charge in [-0.3, -0.25) is 4.79 Å². The minimum Gasteiger partial charge on any atom is -0.338 e. The molecule has 2 heteroatoms. The Hall–Kier alpha value is -0.790. The van der Waals surface area contributed by atoms with Crippen LogP contribution in [0.15, 0.2) is 12.7 Å². The third-order valence-electron chi connectivity index (χ3n) is 3.76. The predicted octanol–water partition coefficient (Wildman–Crippen LogP) is 2.31. The number of nitrogens with zero attached hydrogens (tertiary/aromatic N) is 1. The van der Waals surface area contributed by atoms with Crippen LogP contribution >= 0.6 is 0 Å². The quantitative estimate of drug-likeness (QED) is 0.633. The van der Waals surface area contributed by atoms with E-state index in [0.717, 1.165) is 13.1 Å². The second-order valence-corrected chi connectivity index (χ2v) is 4.94. The van der Waals surface area contributed by atoms with Crippen molar-refractivity contribution in [2.75, 3.05) is 13.1 Å². The van der Waals surface area contributed by atoms with Crippen LogP contribution in [-0.2, 0) is 4.79 Å². The van der Waals surface area contributed by atoms with E-state index in [9.17, 15) is 4.79 Å². The van der Waals surface area contributed by atoms with Crippen molar-refractivity contribution in [3.8, 4) is 0 Å². The van der Waals surface area contributed by atoms with E-state index in [1.165, 1.54) is 6.08 Å². The van der Waals surface area contributed by atoms with Gasteiger partial charge in [0.15, 0.2) is 0 Å². The molecule has 80 valence electrons. The maximum Gasteiger partial charge on any atom is 0.245 e. The lowest BCUT2D eigenvalue weighted by Gasteiger charge is -2.55. The van der Waals surface area contributed by atoms with Gasteiger partial charge in [-0.1, -0.05) is 34.3 Å². The van der Waals surface area contributed by atoms with E-state index in [2.05, 4.69) is 34.3 Å². The molecule has 1 saturated heterocycles. The maximum absolute atomic E-state index is 11.3. The first-order valence-corrected chi connectivity index (χ1v) is 5.35. The van der Waals surface area contributed by atoms with Gasteiger partial charge in [-0.25, -0.2) is 0 Å². The zero-order valence-electron chi connectivity index (χ0n) is 9.71. The average Bonchev–Trinajstić information content (AvgIpc) is 2.00. The number of carbonyl (C=O) groups is 1. The van der Waals surface area contributed by atoms with Crippen molar-refractivity contribution in [1.82, 2.24) is 4.90 Å². The first kappa shape index (κ1) is 11.3. The molecule has 0 aliphatic carbocycles. The Morgan fingerprint density at radius 2 is 1.71 bits per heavy atom. The largest absolute Gasteiger partial charge is 0.338 e. The summed E-state index contributed by atoms with van der Waals surface area (Å²) in [6.07, 6.45) is 1.41. The molecule has 0 aromatic rings. The highest BCUT2D eigenvalue weighted by molar-refractivity contribution is 5.87. The van der Waals surface area contributed by atoms with Crippen molar-refractivity contribution < 1.29 is 4.79 Å². The van der Waals surface area contributed by atoms with Gasteiger partial charge in [0, 0.05) is 18.5 Å². The molecule has 0 saturated carbocycles. The number of carbonyl (C=O) groups excluding carboxylic acids is 1. The van der Waals surface area contributed by atoms with E-state index >= 15 is 0 Å². The van der Waals surface area contributed by atoms with E-state index in [0.29, 0.717) is 17.3 Å². The number of amides is 1. The van der Waals surface area contributed by atoms with Gasteiger partial charge >= 0.3 is 0 Å². The molecule has 0 bridgehead atoms. The predicted molar refractivity (Wildman–Crippen MR) is 58.9 cm³/mol. The number of likely N-dealkylation sites (tertiary alicyclic amines) is 1. The fourth-order valence-electron chi connectivity index (χ4n) is 2.35. The summed E-state index contributed by atoms with van der Waals surface area (Å²) in [4.78, 5) is 13.2. The molecule has 1 amide bonds. The Morgan fingerprint density at radius 1 is 1.29 bits per heavy atom. The summed E-state index contributed by atoms with van der Waals surface area (Å²) >= 11 is 0. The first-order chi connectivity index (χ1) is 6.44. The standard InChI is InChI=1S/C12H21NO/c1-6-11(14)13-7-12(8-13,9(2)3)10(4)5/h6,9-10H,1,7-8H2,2-5H3. The molecule has 1 rings (SSSR count). The first-order valence-electron chi connectivity index (χ1n) is 5.35. The van der Waals surface area contributed by atoms with Gasteiger partial charge in [0.1, 0.15) is 0 Å². The zero-order valence-corrected chi connectivity index (χ0v) is 9.71. The highest BCUT2D eigenvalue weighted by Crippen LogP contribution is 2.44. The van der Waals surface area contributed by atoms with E-state index in [1.807, 2.05) is 4.90 Å². The summed E-state index contributed by atoms with van der Waals surface area (Å²) in [7, 11) is 0. The Bertz CT molecular complexity index is 227. The normalized spacial score (nSPS) is 19.7. The molecule has 0 aromatic heterocycles. The molecular formula is C12H21NO. The minimum absolute atomic E-state index is 0.0712. The zero-order chi connectivity index (χ0) is 10.9. The van der Waals surface area contributed by atoms with Crippen molar-refractivity contribution in [2.45, 2.75) is 27.7 Å². The Morgan fingerprint density at radius 3 is 2.00 bits per heavy atom. The monoisotopic (exact) mass is 195 g/mol. The summed E-state index contributed by atoms with van der Waals surface area (Å²) in [5.74, 6) is 1.34. The lowest BCUT2D eigenvalue weighted by atomic mass is 9.63. The molecule has 1 fully saturated rings. The van der Waals surface area contributed by atoms with Crippen molar-refractivity contribution in [3.05, 3.63) is 12.7 Å². The summed E-state index contributed by atoms with van der Waals surface area (Å²) in [5.41, 5.74) is 0.332. The molecular weight excluding hydrogens is 174 g/mol. The number of rotatable bonds is 3. The van der Waals surface area contributed by atoms with Gasteiger partial charge in [0.25, 0.3) is 0 Å². The summed E-state index contributed by atoms with van der Waals surface area (Å²) in [6, 6.07) is 0. The SMILES string of the molecule is C=CC(=O)N1CC(C(C)C)(C(C)C)C1. The molecule has 0 atom stereocenters. The molecule has 0 N–H and O–H groups in total. The smallest absolute Gasteiger partial charge is 0.245 e. The fraction of sp³-hybridized carbons (Fsp3) is 0.750. The van der Waals surface area contributed by atoms with Crippen molar-refractivity contribution in [2.24, 2.45) is 17.3 Å². The van der Waals surface area contributed by atoms with Crippen molar-refractivity contribution >= 4 is 5.91 Å². The van der Waals surface area contributed by atoms with Crippen LogP contribution in [0.2, 0.25) is 0 Å². The van der Waals surface area contributed by atoms with Crippen LogP contribution in [0.3, 0.4) is 0 Å². The third kappa shape index (κ3) is 1.58. The van der Waals surface area contributed by atoms with Crippen LogP contribution in [0.4, 0.5) is 0 Å². The van der Waals surface area contributed by atoms with Crippen molar-refractivity contribution in [3.63, 3.8) is 0 Å². The second kappa shape index (κ2) is 3.76. The van der Waals surface area contributed by atoms with Crippen LogP contribution in [0.5, 0.6) is 0 Å². The van der Waals surface area contributed by atoms with Crippen LogP contribution in [0.1, 0.15) is 27.7 Å². The Labute approximate surface area is 87.0 Å². The molecule has 0 aromatic carbocycles. The van der Waals surface area contributed by atoms with Crippen LogP contribution in [0.25, 0.3) is 0 Å². The summed E-state index contributed by atoms with van der Waals surface area (Å²) in [6.45, 7) is 14.3. The van der Waals surface area contributed by atoms with E-state index < -0.39 is 0 Å². The summed E-state index contributed by atoms with van der Waals surface area (Å²) < 4.78 is 0. The molecule has 0 unspecified atom stereocenters. The number of hydrogen-bond donors (Lipinski definition) is 0. The molecule has 14 heavy (non-hydrogen) atoms. The van der Waals surface area contributed by atoms with Gasteiger partial charge in [0.05, 0.1) is 0 Å². The van der Waals surface area contributed by atoms with Gasteiger partial charge < -0.3 is 4.90 Å². The van der Waals surface area contributed by atoms with E-state index in [4.69, 9.17) is 0 Å². The lowest BCUT2D eigenvalue weighted by molar-refractivity contribution is -0.145. The Balaban J connectivity index is 2.65. The van der Waals surface area contributed by atoms with Crippen molar-refractivity contribution in [1.29, 1.82) is 0 Å². The maximum atomic E-state index is 11.3. The highest BCUT2D eigenvalue weighted by Gasteiger charge is 2.48. The molecule has 0 radical (unpaired) electrons. The van der Waals surface area contributed by atoms with Gasteiger partial charge in [0.2, 0.25) is 5.91 Å². The average molecular weight is 195 g/mol. The molecule has 1 aliphatic heterocycles. The minimum atomic E-state index is 0.0712. The van der Waals surface area contributed by atoms with E-state index in [-0.39, 0.29) is 5.91 Å². The topological polar surface area (TPSA) is 20.3 Å². The van der Waals surface area contributed by atoms with Gasteiger partial charge in [-0.05, 0) is 17.9 Å². The van der Waals surface area contributed by atoms with Crippen LogP contribution < -0.4 is 0 Å². The lowest BCUT2D eigenvalue weighted by Crippen LogP contribution is -2.62. The van der Waals surface area contributed by atoms with Gasteiger partial charge in [-0.2, -0.15) is 0 Å². The highest BCUT2D eigenvalue weighted by atomic mass is 16.2. The second-order valence-electron chi connectivity index (χ2n) is 4.94. The third-order valence-corrected chi connectivity index (χ3v) is 3.76. The van der Waals surface area contributed by atoms with E-state index in [1.54, 1.807) is 0 Å². The van der Waals surface area contributed by atoms with Crippen LogP contribution in [0, 0.1) is 17.3 Å². The molecule has 1 aliphatic rings. The molecule has 2 nitrogen and oxygen atoms in total. The summed E-state index contributed by atoms with van der Waals surface area (Å²) in [5, 5.41) is 0. The fourth-order valence-corrected chi connectivity index (χ4v) is 2.35. The molecule has 1 heterocycles. The van der Waals surface area contributed by atoms with Gasteiger partial charge in [-0.15, -0.1) is 0 Å². The number of hydrogen-bond acceptors (Lipinski definition) is 1. The molecule has 0 spiro atoms.